The van der Waals surface area contributed by atoms with Crippen LogP contribution in [0.25, 0.3) is 0 Å². The first kappa shape index (κ1) is 21.2. The average molecular weight is 424 g/mol. The zero-order valence-corrected chi connectivity index (χ0v) is 17.7. The predicted octanol–water partition coefficient (Wildman–Crippen LogP) is 3.26. The highest BCUT2D eigenvalue weighted by Crippen LogP contribution is 2.29. The molecular weight excluding hydrogens is 396 g/mol. The van der Waals surface area contributed by atoms with E-state index in [1.165, 1.54) is 11.8 Å². The van der Waals surface area contributed by atoms with Crippen molar-refractivity contribution in [2.45, 2.75) is 51.2 Å². The number of furan rings is 1. The maximum Gasteiger partial charge on any atom is 0.309 e. The van der Waals surface area contributed by atoms with E-state index in [2.05, 4.69) is 11.4 Å². The van der Waals surface area contributed by atoms with E-state index < -0.39 is 6.10 Å². The summed E-state index contributed by atoms with van der Waals surface area (Å²) in [6.45, 7) is 2.52. The van der Waals surface area contributed by atoms with Crippen LogP contribution in [-0.2, 0) is 20.7 Å². The monoisotopic (exact) mass is 424 g/mol. The summed E-state index contributed by atoms with van der Waals surface area (Å²) in [5, 5.41) is 3.04. The quantitative estimate of drug-likeness (QED) is 0.745. The summed E-state index contributed by atoms with van der Waals surface area (Å²) in [7, 11) is 0. The number of hydrogen-bond donors (Lipinski definition) is 1. The molecule has 0 saturated carbocycles. The molecule has 1 saturated heterocycles. The lowest BCUT2D eigenvalue weighted by Crippen LogP contribution is -2.43. The number of benzene rings is 1. The number of carbonyl (C=O) groups is 3. The minimum atomic E-state index is -0.857. The number of carbonyl (C=O) groups excluding carboxylic acids is 3. The zero-order chi connectivity index (χ0) is 21.8. The molecule has 4 rings (SSSR count). The van der Waals surface area contributed by atoms with Crippen LogP contribution in [0.1, 0.15) is 60.3 Å². The lowest BCUT2D eigenvalue weighted by Gasteiger charge is -2.31. The van der Waals surface area contributed by atoms with Gasteiger partial charge in [-0.25, -0.2) is 0 Å². The number of hydrogen-bond acceptors (Lipinski definition) is 5. The number of likely N-dealkylation sites (tertiary alicyclic amines) is 1. The maximum absolute atomic E-state index is 12.7. The SMILES string of the molecule is C[C@@H](OC(=O)C1CCN(C(=O)c2ccco2)CC1)C(=O)N[C@H]1CCCc2ccccc21. The molecule has 164 valence electrons. The van der Waals surface area contributed by atoms with Crippen molar-refractivity contribution in [3.05, 3.63) is 59.5 Å². The molecule has 2 aliphatic rings. The third-order valence-corrected chi connectivity index (χ3v) is 6.20. The summed E-state index contributed by atoms with van der Waals surface area (Å²) in [5.41, 5.74) is 2.41. The first-order valence-electron chi connectivity index (χ1n) is 10.9. The number of fused-ring (bicyclic) bond motifs is 1. The Morgan fingerprint density at radius 1 is 1.10 bits per heavy atom. The van der Waals surface area contributed by atoms with Gasteiger partial charge in [-0.1, -0.05) is 24.3 Å². The Kier molecular flexibility index (Phi) is 6.39. The molecule has 1 N–H and O–H groups in total. The number of piperidine rings is 1. The fraction of sp³-hybridized carbons (Fsp3) is 0.458. The number of ether oxygens (including phenoxy) is 1. The third kappa shape index (κ3) is 4.81. The molecule has 1 aliphatic carbocycles. The van der Waals surface area contributed by atoms with Crippen LogP contribution in [0.2, 0.25) is 0 Å². The second-order valence-electron chi connectivity index (χ2n) is 8.28. The molecular formula is C24H28N2O5. The summed E-state index contributed by atoms with van der Waals surface area (Å²) in [6.07, 6.45) is 4.55. The summed E-state index contributed by atoms with van der Waals surface area (Å²) in [6, 6.07) is 11.4. The van der Waals surface area contributed by atoms with E-state index in [-0.39, 0.29) is 29.7 Å². The van der Waals surface area contributed by atoms with Gasteiger partial charge in [-0.15, -0.1) is 0 Å². The molecule has 2 atom stereocenters. The van der Waals surface area contributed by atoms with Gasteiger partial charge in [-0.05, 0) is 62.3 Å². The number of esters is 1. The van der Waals surface area contributed by atoms with Crippen LogP contribution in [0, 0.1) is 5.92 Å². The summed E-state index contributed by atoms with van der Waals surface area (Å²) in [4.78, 5) is 39.3. The van der Waals surface area contributed by atoms with Crippen LogP contribution < -0.4 is 5.32 Å². The smallest absolute Gasteiger partial charge is 0.309 e. The molecule has 0 bridgehead atoms. The highest BCUT2D eigenvalue weighted by Gasteiger charge is 2.32. The molecule has 1 aromatic carbocycles. The van der Waals surface area contributed by atoms with Gasteiger partial charge in [0.25, 0.3) is 11.8 Å². The molecule has 1 aromatic heterocycles. The van der Waals surface area contributed by atoms with Crippen molar-refractivity contribution in [3.8, 4) is 0 Å². The van der Waals surface area contributed by atoms with Crippen LogP contribution in [0.3, 0.4) is 0 Å². The highest BCUT2D eigenvalue weighted by molar-refractivity contribution is 5.91. The largest absolute Gasteiger partial charge is 0.459 e. The molecule has 0 radical (unpaired) electrons. The summed E-state index contributed by atoms with van der Waals surface area (Å²) >= 11 is 0. The second kappa shape index (κ2) is 9.37. The van der Waals surface area contributed by atoms with E-state index in [0.717, 1.165) is 24.8 Å². The minimum Gasteiger partial charge on any atom is -0.459 e. The van der Waals surface area contributed by atoms with Crippen molar-refractivity contribution in [2.75, 3.05) is 13.1 Å². The molecule has 1 aliphatic heterocycles. The van der Waals surface area contributed by atoms with Crippen molar-refractivity contribution in [1.82, 2.24) is 10.2 Å². The van der Waals surface area contributed by atoms with Crippen LogP contribution >= 0.6 is 0 Å². The van der Waals surface area contributed by atoms with Gasteiger partial charge in [0.2, 0.25) is 0 Å². The van der Waals surface area contributed by atoms with Gasteiger partial charge in [-0.2, -0.15) is 0 Å². The van der Waals surface area contributed by atoms with Crippen LogP contribution in [-0.4, -0.2) is 41.9 Å². The number of aryl methyl sites for hydroxylation is 1. The van der Waals surface area contributed by atoms with E-state index in [1.807, 2.05) is 18.2 Å². The lowest BCUT2D eigenvalue weighted by atomic mass is 9.87. The van der Waals surface area contributed by atoms with E-state index in [0.29, 0.717) is 31.7 Å². The molecule has 2 amide bonds. The third-order valence-electron chi connectivity index (χ3n) is 6.20. The Morgan fingerprint density at radius 3 is 2.61 bits per heavy atom. The molecule has 0 unspecified atom stereocenters. The molecule has 7 heteroatoms. The molecule has 0 spiro atoms. The fourth-order valence-electron chi connectivity index (χ4n) is 4.39. The van der Waals surface area contributed by atoms with E-state index in [1.54, 1.807) is 24.0 Å². The minimum absolute atomic E-state index is 0.0468. The molecule has 7 nitrogen and oxygen atoms in total. The highest BCUT2D eigenvalue weighted by atomic mass is 16.5. The van der Waals surface area contributed by atoms with E-state index in [4.69, 9.17) is 9.15 Å². The predicted molar refractivity (Wildman–Crippen MR) is 113 cm³/mol. The van der Waals surface area contributed by atoms with Crippen molar-refractivity contribution in [3.63, 3.8) is 0 Å². The molecule has 31 heavy (non-hydrogen) atoms. The second-order valence-corrected chi connectivity index (χ2v) is 8.28. The Labute approximate surface area is 181 Å². The van der Waals surface area contributed by atoms with E-state index in [9.17, 15) is 14.4 Å². The van der Waals surface area contributed by atoms with Crippen molar-refractivity contribution < 1.29 is 23.5 Å². The Bertz CT molecular complexity index is 931. The molecule has 2 aromatic rings. The van der Waals surface area contributed by atoms with Gasteiger partial charge in [0, 0.05) is 13.1 Å². The topological polar surface area (TPSA) is 88.8 Å². The van der Waals surface area contributed by atoms with Gasteiger partial charge in [0.1, 0.15) is 0 Å². The number of amides is 2. The Hall–Kier alpha value is -3.09. The summed E-state index contributed by atoms with van der Waals surface area (Å²) in [5.74, 6) is -0.837. The van der Waals surface area contributed by atoms with Crippen molar-refractivity contribution in [1.29, 1.82) is 0 Å². The zero-order valence-electron chi connectivity index (χ0n) is 17.7. The van der Waals surface area contributed by atoms with Gasteiger partial charge in [0.15, 0.2) is 11.9 Å². The Balaban J connectivity index is 1.26. The normalized spacial score (nSPS) is 19.9. The molecule has 1 fully saturated rings. The van der Waals surface area contributed by atoms with Gasteiger partial charge < -0.3 is 19.4 Å². The van der Waals surface area contributed by atoms with Crippen molar-refractivity contribution in [2.24, 2.45) is 5.92 Å². The standard InChI is InChI=1S/C24H28N2O5/c1-16(22(27)25-20-9-4-7-17-6-2-3-8-19(17)20)31-24(29)18-11-13-26(14-12-18)23(28)21-10-5-15-30-21/h2-3,5-6,8,10,15-16,18,20H,4,7,9,11-14H2,1H3,(H,25,27)/t16-,20+/m1/s1. The maximum atomic E-state index is 12.7. The number of rotatable bonds is 5. The van der Waals surface area contributed by atoms with Crippen LogP contribution in [0.4, 0.5) is 0 Å². The lowest BCUT2D eigenvalue weighted by molar-refractivity contribution is -0.160. The first-order chi connectivity index (χ1) is 15.0. The molecule has 2 heterocycles. The number of nitrogens with zero attached hydrogens (tertiary/aromatic N) is 1. The summed E-state index contributed by atoms with van der Waals surface area (Å²) < 4.78 is 10.6. The number of nitrogens with one attached hydrogen (secondary N) is 1. The Morgan fingerprint density at radius 2 is 1.87 bits per heavy atom. The fourth-order valence-corrected chi connectivity index (χ4v) is 4.39. The van der Waals surface area contributed by atoms with Crippen LogP contribution in [0.15, 0.2) is 47.1 Å². The average Bonchev–Trinajstić information content (AvgIpc) is 3.34. The van der Waals surface area contributed by atoms with Crippen molar-refractivity contribution >= 4 is 17.8 Å². The van der Waals surface area contributed by atoms with Gasteiger partial charge in [0.05, 0.1) is 18.2 Å². The van der Waals surface area contributed by atoms with Gasteiger partial charge in [-0.3, -0.25) is 14.4 Å². The van der Waals surface area contributed by atoms with Crippen LogP contribution in [0.5, 0.6) is 0 Å². The first-order valence-corrected chi connectivity index (χ1v) is 10.9. The van der Waals surface area contributed by atoms with E-state index >= 15 is 0 Å². The van der Waals surface area contributed by atoms with Gasteiger partial charge >= 0.3 is 5.97 Å².